The number of benzene rings is 3. The highest BCUT2D eigenvalue weighted by atomic mass is 19.4. The Bertz CT molecular complexity index is 1840. The van der Waals surface area contributed by atoms with E-state index in [9.17, 15) is 49.0 Å². The maximum absolute atomic E-state index is 14.2. The van der Waals surface area contributed by atoms with E-state index in [0.717, 1.165) is 6.07 Å². The Balaban J connectivity index is 1.51. The lowest BCUT2D eigenvalue weighted by atomic mass is 9.97. The largest absolute Gasteiger partial charge is 0.435 e. The zero-order valence-corrected chi connectivity index (χ0v) is 22.6. The fourth-order valence-electron chi connectivity index (χ4n) is 4.58. The molecule has 0 amide bonds. The molecule has 0 saturated carbocycles. The molecule has 0 fully saturated rings. The van der Waals surface area contributed by atoms with Gasteiger partial charge in [0.25, 0.3) is 5.60 Å². The van der Waals surface area contributed by atoms with E-state index in [-0.39, 0.29) is 22.5 Å². The summed E-state index contributed by atoms with van der Waals surface area (Å²) in [5.41, 5.74) is -6.47. The number of rotatable bonds is 7. The van der Waals surface area contributed by atoms with Crippen molar-refractivity contribution in [2.24, 2.45) is 7.05 Å². The van der Waals surface area contributed by atoms with Gasteiger partial charge in [-0.15, -0.1) is 10.2 Å². The number of aromatic nitrogens is 4. The van der Waals surface area contributed by atoms with Crippen molar-refractivity contribution in [2.45, 2.75) is 30.7 Å². The van der Waals surface area contributed by atoms with E-state index in [4.69, 9.17) is 4.42 Å². The van der Waals surface area contributed by atoms with Gasteiger partial charge in [-0.3, -0.25) is 0 Å². The molecule has 3 aromatic carbocycles. The molecular formula is C28H19F10N5O2. The molecule has 5 rings (SSSR count). The van der Waals surface area contributed by atoms with E-state index in [2.05, 4.69) is 15.2 Å². The number of nitrogens with zero attached hydrogens (tertiary/aromatic N) is 4. The minimum Gasteiger partial charge on any atom is -0.435 e. The van der Waals surface area contributed by atoms with Crippen LogP contribution < -0.4 is 5.32 Å². The highest BCUT2D eigenvalue weighted by Crippen LogP contribution is 2.43. The van der Waals surface area contributed by atoms with E-state index >= 15 is 0 Å². The molecule has 0 aliphatic carbocycles. The second-order valence-corrected chi connectivity index (χ2v) is 10.0. The zero-order chi connectivity index (χ0) is 32.9. The van der Waals surface area contributed by atoms with Crippen molar-refractivity contribution in [2.75, 3.05) is 6.54 Å². The lowest BCUT2D eigenvalue weighted by Crippen LogP contribution is -2.62. The van der Waals surface area contributed by atoms with Crippen LogP contribution in [0.5, 0.6) is 0 Å². The van der Waals surface area contributed by atoms with Crippen LogP contribution in [-0.4, -0.2) is 49.4 Å². The maximum Gasteiger partial charge on any atom is 0.427 e. The van der Waals surface area contributed by atoms with Crippen LogP contribution in [0.4, 0.5) is 43.9 Å². The third-order valence-corrected chi connectivity index (χ3v) is 6.86. The molecular weight excluding hydrogens is 628 g/mol. The average molecular weight is 647 g/mol. The predicted molar refractivity (Wildman–Crippen MR) is 139 cm³/mol. The minimum atomic E-state index is -6.11. The lowest BCUT2D eigenvalue weighted by molar-refractivity contribution is -0.365. The average Bonchev–Trinajstić information content (AvgIpc) is 3.57. The van der Waals surface area contributed by atoms with Crippen LogP contribution in [0.3, 0.4) is 0 Å². The Kier molecular flexibility index (Phi) is 7.89. The van der Waals surface area contributed by atoms with E-state index in [1.54, 1.807) is 29.1 Å². The highest BCUT2D eigenvalue weighted by molar-refractivity contribution is 5.84. The van der Waals surface area contributed by atoms with Crippen molar-refractivity contribution in [3.63, 3.8) is 0 Å². The molecule has 17 heteroatoms. The van der Waals surface area contributed by atoms with Crippen LogP contribution >= 0.6 is 0 Å². The van der Waals surface area contributed by atoms with Crippen LogP contribution in [0.15, 0.2) is 65.3 Å². The van der Waals surface area contributed by atoms with Gasteiger partial charge in [-0.2, -0.15) is 39.5 Å². The van der Waals surface area contributed by atoms with Gasteiger partial charge >= 0.3 is 18.5 Å². The molecule has 238 valence electrons. The van der Waals surface area contributed by atoms with Crippen molar-refractivity contribution in [3.05, 3.63) is 77.9 Å². The smallest absolute Gasteiger partial charge is 0.427 e. The van der Waals surface area contributed by atoms with Gasteiger partial charge in [0.05, 0.1) is 0 Å². The van der Waals surface area contributed by atoms with Crippen molar-refractivity contribution in [3.8, 4) is 34.0 Å². The van der Waals surface area contributed by atoms with Gasteiger partial charge in [0.2, 0.25) is 5.89 Å². The first-order chi connectivity index (χ1) is 20.9. The van der Waals surface area contributed by atoms with Crippen LogP contribution in [0.2, 0.25) is 0 Å². The lowest BCUT2D eigenvalue weighted by Gasteiger charge is -2.32. The van der Waals surface area contributed by atoms with Gasteiger partial charge in [-0.1, -0.05) is 18.2 Å². The molecule has 5 aromatic rings. The molecule has 0 bridgehead atoms. The second kappa shape index (κ2) is 11.1. The summed E-state index contributed by atoms with van der Waals surface area (Å²) in [6, 6.07) is 11.6. The van der Waals surface area contributed by atoms with E-state index in [0.29, 0.717) is 28.6 Å². The molecule has 0 saturated heterocycles. The highest BCUT2D eigenvalue weighted by Gasteiger charge is 2.70. The Morgan fingerprint density at radius 3 is 2.18 bits per heavy atom. The standard InChI is InChI=1S/C28H19F10N5O2/c1-43-13-40-42-23(43)19-10-17(29)5-6-18(19)15-3-2-4-16(9-15)24-41-21-8-14(7-20(22(21)45-24)26(30,31)32)11-39-12-25(44,27(33,34)35)28(36,37)38/h2-10,13,39,44H,11-12H2,1H3. The summed E-state index contributed by atoms with van der Waals surface area (Å²) < 4.78 is 141. The third kappa shape index (κ3) is 6.09. The van der Waals surface area contributed by atoms with Gasteiger partial charge in [0.1, 0.15) is 23.2 Å². The predicted octanol–water partition coefficient (Wildman–Crippen LogP) is 7.06. The number of aryl methyl sites for hydroxylation is 1. The number of halogens is 10. The summed E-state index contributed by atoms with van der Waals surface area (Å²) in [6.07, 6.45) is -15.9. The monoisotopic (exact) mass is 647 g/mol. The van der Waals surface area contributed by atoms with Gasteiger partial charge in [-0.05, 0) is 53.1 Å². The molecule has 0 aliphatic heterocycles. The third-order valence-electron chi connectivity index (χ3n) is 6.86. The molecule has 0 spiro atoms. The molecule has 7 nitrogen and oxygen atoms in total. The van der Waals surface area contributed by atoms with E-state index in [1.165, 1.54) is 36.7 Å². The number of hydrogen-bond donors (Lipinski definition) is 2. The Hall–Kier alpha value is -4.51. The summed E-state index contributed by atoms with van der Waals surface area (Å²) in [4.78, 5) is 4.10. The Labute approximate surface area is 246 Å². The van der Waals surface area contributed by atoms with Gasteiger partial charge in [-0.25, -0.2) is 9.37 Å². The molecule has 0 radical (unpaired) electrons. The number of hydrogen-bond acceptors (Lipinski definition) is 6. The minimum absolute atomic E-state index is 0.199. The van der Waals surface area contributed by atoms with Gasteiger partial charge in [0, 0.05) is 31.3 Å². The quantitative estimate of drug-likeness (QED) is 0.184. The van der Waals surface area contributed by atoms with Crippen LogP contribution in [-0.2, 0) is 19.8 Å². The van der Waals surface area contributed by atoms with Crippen molar-refractivity contribution < 1.29 is 53.4 Å². The molecule has 2 N–H and O–H groups in total. The zero-order valence-electron chi connectivity index (χ0n) is 22.6. The Morgan fingerprint density at radius 2 is 1.56 bits per heavy atom. The van der Waals surface area contributed by atoms with Crippen LogP contribution in [0, 0.1) is 5.82 Å². The molecule has 2 aromatic heterocycles. The topological polar surface area (TPSA) is 89.0 Å². The second-order valence-electron chi connectivity index (χ2n) is 10.0. The fourth-order valence-corrected chi connectivity index (χ4v) is 4.58. The summed E-state index contributed by atoms with van der Waals surface area (Å²) >= 11 is 0. The SMILES string of the molecule is Cn1cnnc1-c1cc(F)ccc1-c1cccc(-c2nc3cc(CNCC(O)(C(F)(F)F)C(F)(F)F)cc(C(F)(F)F)c3o2)c1. The van der Waals surface area contributed by atoms with Crippen LogP contribution in [0.25, 0.3) is 45.1 Å². The van der Waals surface area contributed by atoms with E-state index < -0.39 is 54.2 Å². The molecule has 0 aliphatic rings. The number of fused-ring (bicyclic) bond motifs is 1. The molecule has 2 heterocycles. The van der Waals surface area contributed by atoms with Crippen molar-refractivity contribution in [1.82, 2.24) is 25.1 Å². The van der Waals surface area contributed by atoms with Gasteiger partial charge in [0.15, 0.2) is 11.4 Å². The normalized spacial score (nSPS) is 13.2. The summed E-state index contributed by atoms with van der Waals surface area (Å²) in [5, 5.41) is 18.8. The first-order valence-corrected chi connectivity index (χ1v) is 12.7. The summed E-state index contributed by atoms with van der Waals surface area (Å²) in [5.74, 6) is -0.511. The molecule has 0 atom stereocenters. The number of aliphatic hydroxyl groups is 1. The van der Waals surface area contributed by atoms with Gasteiger partial charge < -0.3 is 19.4 Å². The van der Waals surface area contributed by atoms with Crippen molar-refractivity contribution in [1.29, 1.82) is 0 Å². The molecule has 0 unspecified atom stereocenters. The summed E-state index contributed by atoms with van der Waals surface area (Å²) in [6.45, 7) is -2.99. The first-order valence-electron chi connectivity index (χ1n) is 12.7. The maximum atomic E-state index is 14.2. The van der Waals surface area contributed by atoms with E-state index in [1.807, 2.05) is 0 Å². The number of oxazole rings is 1. The fraction of sp³-hybridized carbons (Fsp3) is 0.250. The Morgan fingerprint density at radius 1 is 0.867 bits per heavy atom. The summed E-state index contributed by atoms with van der Waals surface area (Å²) in [7, 11) is 1.65. The van der Waals surface area contributed by atoms with Crippen LogP contribution in [0.1, 0.15) is 11.1 Å². The number of nitrogens with one attached hydrogen (secondary N) is 1. The number of alkyl halides is 9. The first kappa shape index (κ1) is 31.9. The molecule has 45 heavy (non-hydrogen) atoms. The van der Waals surface area contributed by atoms with Crippen molar-refractivity contribution >= 4 is 11.1 Å².